The van der Waals surface area contributed by atoms with Crippen LogP contribution in [0.2, 0.25) is 0 Å². The molecule has 0 amide bonds. The fraction of sp³-hybridized carbons (Fsp3) is 0.600. The number of nitrogens with zero attached hydrogens (tertiary/aromatic N) is 1. The number of nitriles is 1. The molecule has 0 saturated heterocycles. The van der Waals surface area contributed by atoms with Crippen molar-refractivity contribution in [3.8, 4) is 6.07 Å². The number of rotatable bonds is 2. The van der Waals surface area contributed by atoms with Crippen LogP contribution in [0.3, 0.4) is 0 Å². The van der Waals surface area contributed by atoms with Gasteiger partial charge in [-0.05, 0) is 5.92 Å². The Labute approximate surface area is 78.0 Å². The van der Waals surface area contributed by atoms with Gasteiger partial charge in [0.05, 0.1) is 18.9 Å². The molecular formula is C10H13NO2. The predicted octanol–water partition coefficient (Wildman–Crippen LogP) is 1.66. The lowest BCUT2D eigenvalue weighted by molar-refractivity contribution is -0.120. The standard InChI is InChI=1S/C10H13NO2/c1-7-5-8(13-2)6-10(12)9(7)3-4-11/h6-7,9H,3,5H2,1-2H3. The molecule has 1 aliphatic carbocycles. The predicted molar refractivity (Wildman–Crippen MR) is 47.6 cm³/mol. The summed E-state index contributed by atoms with van der Waals surface area (Å²) >= 11 is 0. The normalized spacial score (nSPS) is 27.8. The van der Waals surface area contributed by atoms with Crippen LogP contribution in [0.25, 0.3) is 0 Å². The molecule has 2 atom stereocenters. The number of ketones is 1. The van der Waals surface area contributed by atoms with Crippen LogP contribution in [0.4, 0.5) is 0 Å². The minimum absolute atomic E-state index is 0.0251. The lowest BCUT2D eigenvalue weighted by Crippen LogP contribution is -2.25. The van der Waals surface area contributed by atoms with E-state index < -0.39 is 0 Å². The highest BCUT2D eigenvalue weighted by atomic mass is 16.5. The summed E-state index contributed by atoms with van der Waals surface area (Å²) in [6.45, 7) is 1.98. The van der Waals surface area contributed by atoms with Gasteiger partial charge in [-0.1, -0.05) is 6.92 Å². The van der Waals surface area contributed by atoms with Gasteiger partial charge in [-0.2, -0.15) is 5.26 Å². The SMILES string of the molecule is COC1=CC(=O)C(CC#N)C(C)C1. The topological polar surface area (TPSA) is 50.1 Å². The van der Waals surface area contributed by atoms with E-state index >= 15 is 0 Å². The number of hydrogen-bond acceptors (Lipinski definition) is 3. The van der Waals surface area contributed by atoms with E-state index in [9.17, 15) is 4.79 Å². The summed E-state index contributed by atoms with van der Waals surface area (Å²) in [6.07, 6.45) is 2.59. The number of methoxy groups -OCH3 is 1. The molecule has 0 aromatic carbocycles. The third-order valence-corrected chi connectivity index (χ3v) is 2.45. The largest absolute Gasteiger partial charge is 0.501 e. The zero-order valence-corrected chi connectivity index (χ0v) is 7.91. The van der Waals surface area contributed by atoms with E-state index in [0.717, 1.165) is 12.2 Å². The molecule has 70 valence electrons. The Morgan fingerprint density at radius 2 is 2.46 bits per heavy atom. The van der Waals surface area contributed by atoms with E-state index in [1.807, 2.05) is 13.0 Å². The van der Waals surface area contributed by atoms with Crippen LogP contribution in [0.1, 0.15) is 19.8 Å². The Kier molecular flexibility index (Phi) is 3.07. The second-order valence-electron chi connectivity index (χ2n) is 3.37. The zero-order chi connectivity index (χ0) is 9.84. The smallest absolute Gasteiger partial charge is 0.163 e. The molecule has 0 aromatic rings. The van der Waals surface area contributed by atoms with Crippen molar-refractivity contribution in [3.63, 3.8) is 0 Å². The molecule has 0 radical (unpaired) electrons. The highest BCUT2D eigenvalue weighted by molar-refractivity contribution is 5.93. The summed E-state index contributed by atoms with van der Waals surface area (Å²) in [6, 6.07) is 2.04. The molecule has 3 nitrogen and oxygen atoms in total. The minimum Gasteiger partial charge on any atom is -0.501 e. The van der Waals surface area contributed by atoms with E-state index in [4.69, 9.17) is 10.00 Å². The highest BCUT2D eigenvalue weighted by Crippen LogP contribution is 2.29. The van der Waals surface area contributed by atoms with Crippen LogP contribution in [-0.2, 0) is 9.53 Å². The summed E-state index contributed by atoms with van der Waals surface area (Å²) in [5.41, 5.74) is 0. The molecule has 3 heteroatoms. The third kappa shape index (κ3) is 2.09. The summed E-state index contributed by atoms with van der Waals surface area (Å²) < 4.78 is 5.02. The van der Waals surface area contributed by atoms with Crippen molar-refractivity contribution < 1.29 is 9.53 Å². The maximum absolute atomic E-state index is 11.5. The molecule has 0 saturated carbocycles. The van der Waals surface area contributed by atoms with E-state index in [-0.39, 0.29) is 17.6 Å². The van der Waals surface area contributed by atoms with Crippen LogP contribution in [0.5, 0.6) is 0 Å². The number of ether oxygens (including phenoxy) is 1. The second kappa shape index (κ2) is 4.08. The number of carbonyl (C=O) groups excluding carboxylic acids is 1. The van der Waals surface area contributed by atoms with E-state index in [2.05, 4.69) is 0 Å². The van der Waals surface area contributed by atoms with E-state index in [1.54, 1.807) is 7.11 Å². The molecule has 0 aromatic heterocycles. The van der Waals surface area contributed by atoms with Gasteiger partial charge >= 0.3 is 0 Å². The lowest BCUT2D eigenvalue weighted by Gasteiger charge is -2.24. The maximum Gasteiger partial charge on any atom is 0.163 e. The van der Waals surface area contributed by atoms with Crippen molar-refractivity contribution in [1.82, 2.24) is 0 Å². The lowest BCUT2D eigenvalue weighted by atomic mass is 9.81. The summed E-state index contributed by atoms with van der Waals surface area (Å²) in [5, 5.41) is 8.52. The molecule has 0 bridgehead atoms. The van der Waals surface area contributed by atoms with Crippen LogP contribution >= 0.6 is 0 Å². The van der Waals surface area contributed by atoms with Gasteiger partial charge in [0.15, 0.2) is 5.78 Å². The molecule has 0 N–H and O–H groups in total. The number of carbonyl (C=O) groups is 1. The minimum atomic E-state index is -0.135. The Hall–Kier alpha value is -1.30. The van der Waals surface area contributed by atoms with Crippen molar-refractivity contribution in [2.45, 2.75) is 19.8 Å². The monoisotopic (exact) mass is 179 g/mol. The van der Waals surface area contributed by atoms with Gasteiger partial charge < -0.3 is 4.74 Å². The molecule has 0 aliphatic heterocycles. The number of allylic oxidation sites excluding steroid dienone is 2. The zero-order valence-electron chi connectivity index (χ0n) is 7.91. The van der Waals surface area contributed by atoms with E-state index in [1.165, 1.54) is 6.08 Å². The first-order valence-electron chi connectivity index (χ1n) is 4.34. The van der Waals surface area contributed by atoms with Gasteiger partial charge in [0.2, 0.25) is 0 Å². The quantitative estimate of drug-likeness (QED) is 0.647. The fourth-order valence-electron chi connectivity index (χ4n) is 1.61. The first-order chi connectivity index (χ1) is 6.19. The number of hydrogen-bond donors (Lipinski definition) is 0. The van der Waals surface area contributed by atoms with Crippen LogP contribution in [0.15, 0.2) is 11.8 Å². The van der Waals surface area contributed by atoms with Crippen LogP contribution in [-0.4, -0.2) is 12.9 Å². The molecule has 1 aliphatic rings. The molecular weight excluding hydrogens is 166 g/mol. The van der Waals surface area contributed by atoms with Gasteiger partial charge in [0.1, 0.15) is 0 Å². The Morgan fingerprint density at radius 3 is 2.92 bits per heavy atom. The van der Waals surface area contributed by atoms with Crippen LogP contribution < -0.4 is 0 Å². The van der Waals surface area contributed by atoms with Crippen molar-refractivity contribution in [2.24, 2.45) is 11.8 Å². The second-order valence-corrected chi connectivity index (χ2v) is 3.37. The molecule has 0 fully saturated rings. The van der Waals surface area contributed by atoms with Crippen molar-refractivity contribution in [1.29, 1.82) is 5.26 Å². The third-order valence-electron chi connectivity index (χ3n) is 2.45. The summed E-state index contributed by atoms with van der Waals surface area (Å²) in [4.78, 5) is 11.5. The van der Waals surface area contributed by atoms with Gasteiger partial charge in [-0.15, -0.1) is 0 Å². The molecule has 0 heterocycles. The van der Waals surface area contributed by atoms with Crippen LogP contribution in [0, 0.1) is 23.2 Å². The highest BCUT2D eigenvalue weighted by Gasteiger charge is 2.29. The van der Waals surface area contributed by atoms with Gasteiger partial charge in [0.25, 0.3) is 0 Å². The van der Waals surface area contributed by atoms with E-state index in [0.29, 0.717) is 6.42 Å². The maximum atomic E-state index is 11.5. The average Bonchev–Trinajstić information content (AvgIpc) is 2.11. The molecule has 2 unspecified atom stereocenters. The van der Waals surface area contributed by atoms with Gasteiger partial charge in [-0.3, -0.25) is 4.79 Å². The first kappa shape index (κ1) is 9.79. The first-order valence-corrected chi connectivity index (χ1v) is 4.34. The average molecular weight is 179 g/mol. The summed E-state index contributed by atoms with van der Waals surface area (Å²) in [7, 11) is 1.57. The molecule has 0 spiro atoms. The van der Waals surface area contributed by atoms with Gasteiger partial charge in [0, 0.05) is 24.8 Å². The van der Waals surface area contributed by atoms with Crippen molar-refractivity contribution >= 4 is 5.78 Å². The van der Waals surface area contributed by atoms with Crippen molar-refractivity contribution in [2.75, 3.05) is 7.11 Å². The molecule has 1 rings (SSSR count). The fourth-order valence-corrected chi connectivity index (χ4v) is 1.61. The summed E-state index contributed by atoms with van der Waals surface area (Å²) in [5.74, 6) is 0.833. The molecule has 13 heavy (non-hydrogen) atoms. The Morgan fingerprint density at radius 1 is 1.77 bits per heavy atom. The Balaban J connectivity index is 2.77. The van der Waals surface area contributed by atoms with Gasteiger partial charge in [-0.25, -0.2) is 0 Å². The van der Waals surface area contributed by atoms with Crippen molar-refractivity contribution in [3.05, 3.63) is 11.8 Å². The Bertz CT molecular complexity index is 275.